The van der Waals surface area contributed by atoms with Crippen molar-refractivity contribution in [2.75, 3.05) is 13.1 Å². The molecule has 0 unspecified atom stereocenters. The van der Waals surface area contributed by atoms with Crippen molar-refractivity contribution in [2.24, 2.45) is 5.73 Å². The Morgan fingerprint density at radius 2 is 2.25 bits per heavy atom. The number of nitrogens with zero attached hydrogens (tertiary/aromatic N) is 2. The number of rotatable bonds is 3. The number of imide groups is 1. The van der Waals surface area contributed by atoms with Gasteiger partial charge in [-0.2, -0.15) is 0 Å². The van der Waals surface area contributed by atoms with Crippen molar-refractivity contribution in [3.05, 3.63) is 29.0 Å². The first-order valence-corrected chi connectivity index (χ1v) is 5.08. The highest BCUT2D eigenvalue weighted by Gasteiger charge is 2.21. The molecule has 0 bridgehead atoms. The monoisotopic (exact) mass is 241 g/mol. The Bertz CT molecular complexity index is 409. The van der Waals surface area contributed by atoms with Crippen LogP contribution in [0.15, 0.2) is 18.3 Å². The third-order valence-electron chi connectivity index (χ3n) is 1.97. The predicted octanol–water partition coefficient (Wildman–Crippen LogP) is 0.682. The highest BCUT2D eigenvalue weighted by atomic mass is 35.5. The summed E-state index contributed by atoms with van der Waals surface area (Å²) in [5.74, 6) is -0.841. The lowest BCUT2D eigenvalue weighted by atomic mass is 10.2. The second-order valence-electron chi connectivity index (χ2n) is 3.11. The van der Waals surface area contributed by atoms with Gasteiger partial charge >= 0.3 is 0 Å². The highest BCUT2D eigenvalue weighted by Crippen LogP contribution is 2.14. The third kappa shape index (κ3) is 2.77. The number of carbonyl (C=O) groups is 2. The fourth-order valence-corrected chi connectivity index (χ4v) is 1.42. The largest absolute Gasteiger partial charge is 0.329 e. The van der Waals surface area contributed by atoms with Crippen LogP contribution in [0.4, 0.5) is 0 Å². The molecule has 0 aliphatic rings. The first-order valence-electron chi connectivity index (χ1n) is 4.71. The molecule has 1 aromatic rings. The molecular formula is C10H12ClN3O2. The molecule has 2 N–H and O–H groups in total. The zero-order valence-electron chi connectivity index (χ0n) is 8.81. The molecule has 0 spiro atoms. The molecule has 0 aliphatic carbocycles. The van der Waals surface area contributed by atoms with Crippen molar-refractivity contribution in [1.29, 1.82) is 0 Å². The van der Waals surface area contributed by atoms with Crippen LogP contribution < -0.4 is 5.73 Å². The normalized spacial score (nSPS) is 9.94. The van der Waals surface area contributed by atoms with Crippen molar-refractivity contribution in [1.82, 2.24) is 9.88 Å². The topological polar surface area (TPSA) is 76.3 Å². The van der Waals surface area contributed by atoms with Gasteiger partial charge in [0.2, 0.25) is 5.91 Å². The molecule has 2 amide bonds. The number of carbonyl (C=O) groups excluding carboxylic acids is 2. The van der Waals surface area contributed by atoms with Gasteiger partial charge in [0.1, 0.15) is 5.15 Å². The minimum atomic E-state index is -0.476. The summed E-state index contributed by atoms with van der Waals surface area (Å²) in [6.07, 6.45) is 1.47. The average Bonchev–Trinajstić information content (AvgIpc) is 2.25. The van der Waals surface area contributed by atoms with E-state index in [2.05, 4.69) is 4.98 Å². The summed E-state index contributed by atoms with van der Waals surface area (Å²) in [6, 6.07) is 3.10. The van der Waals surface area contributed by atoms with Gasteiger partial charge in [-0.3, -0.25) is 14.5 Å². The molecule has 0 radical (unpaired) electrons. The number of nitrogens with two attached hydrogens (primary N) is 1. The van der Waals surface area contributed by atoms with Crippen LogP contribution >= 0.6 is 11.6 Å². The van der Waals surface area contributed by atoms with Gasteiger partial charge in [0.15, 0.2) is 0 Å². The van der Waals surface area contributed by atoms with Crippen LogP contribution in [0.5, 0.6) is 0 Å². The summed E-state index contributed by atoms with van der Waals surface area (Å²) in [5, 5.41) is 0.0794. The second kappa shape index (κ2) is 5.58. The summed E-state index contributed by atoms with van der Waals surface area (Å²) in [4.78, 5) is 28.0. The second-order valence-corrected chi connectivity index (χ2v) is 3.46. The Kier molecular flexibility index (Phi) is 4.39. The number of aromatic nitrogens is 1. The number of amides is 2. The SMILES string of the molecule is CC(=O)N(CCN)C(=O)c1cccnc1Cl. The van der Waals surface area contributed by atoms with Crippen LogP contribution in [0.1, 0.15) is 17.3 Å². The highest BCUT2D eigenvalue weighted by molar-refractivity contribution is 6.32. The van der Waals surface area contributed by atoms with E-state index in [-0.39, 0.29) is 29.7 Å². The standard InChI is InChI=1S/C10H12ClN3O2/c1-7(15)14(6-4-12)10(16)8-3-2-5-13-9(8)11/h2-3,5H,4,6,12H2,1H3. The molecule has 0 saturated carbocycles. The van der Waals surface area contributed by atoms with E-state index < -0.39 is 5.91 Å². The van der Waals surface area contributed by atoms with E-state index >= 15 is 0 Å². The van der Waals surface area contributed by atoms with Crippen molar-refractivity contribution >= 4 is 23.4 Å². The number of pyridine rings is 1. The molecule has 0 atom stereocenters. The molecule has 5 nitrogen and oxygen atoms in total. The Morgan fingerprint density at radius 3 is 2.75 bits per heavy atom. The smallest absolute Gasteiger partial charge is 0.263 e. The lowest BCUT2D eigenvalue weighted by molar-refractivity contribution is -0.126. The Morgan fingerprint density at radius 1 is 1.56 bits per heavy atom. The molecule has 1 heterocycles. The van der Waals surface area contributed by atoms with Crippen LogP contribution in [0.2, 0.25) is 5.15 Å². The summed E-state index contributed by atoms with van der Waals surface area (Å²) < 4.78 is 0. The van der Waals surface area contributed by atoms with Gasteiger partial charge in [-0.15, -0.1) is 0 Å². The van der Waals surface area contributed by atoms with Gasteiger partial charge in [0.05, 0.1) is 5.56 Å². The number of hydrogen-bond donors (Lipinski definition) is 1. The quantitative estimate of drug-likeness (QED) is 0.790. The Labute approximate surface area is 98.2 Å². The zero-order chi connectivity index (χ0) is 12.1. The van der Waals surface area contributed by atoms with E-state index in [9.17, 15) is 9.59 Å². The van der Waals surface area contributed by atoms with Crippen LogP contribution in [0.3, 0.4) is 0 Å². The summed E-state index contributed by atoms with van der Waals surface area (Å²) in [6.45, 7) is 1.68. The molecule has 1 aromatic heterocycles. The Balaban J connectivity index is 2.99. The van der Waals surface area contributed by atoms with Crippen molar-refractivity contribution in [3.8, 4) is 0 Å². The first-order chi connectivity index (χ1) is 7.57. The summed E-state index contributed by atoms with van der Waals surface area (Å²) >= 11 is 5.77. The van der Waals surface area contributed by atoms with Gasteiger partial charge in [-0.25, -0.2) is 4.98 Å². The van der Waals surface area contributed by atoms with Crippen LogP contribution in [-0.2, 0) is 4.79 Å². The molecule has 0 fully saturated rings. The zero-order valence-corrected chi connectivity index (χ0v) is 9.57. The fourth-order valence-electron chi connectivity index (χ4n) is 1.22. The van der Waals surface area contributed by atoms with Crippen molar-refractivity contribution in [2.45, 2.75) is 6.92 Å². The maximum atomic E-state index is 11.9. The van der Waals surface area contributed by atoms with E-state index in [0.717, 1.165) is 4.90 Å². The number of halogens is 1. The maximum absolute atomic E-state index is 11.9. The molecule has 6 heteroatoms. The lowest BCUT2D eigenvalue weighted by Crippen LogP contribution is -2.39. The summed E-state index contributed by atoms with van der Waals surface area (Å²) in [7, 11) is 0. The molecule has 0 aliphatic heterocycles. The fraction of sp³-hybridized carbons (Fsp3) is 0.300. The summed E-state index contributed by atoms with van der Waals surface area (Å²) in [5.41, 5.74) is 5.53. The van der Waals surface area contributed by atoms with Crippen molar-refractivity contribution in [3.63, 3.8) is 0 Å². The minimum absolute atomic E-state index is 0.0794. The lowest BCUT2D eigenvalue weighted by Gasteiger charge is -2.18. The number of hydrogen-bond acceptors (Lipinski definition) is 4. The maximum Gasteiger partial charge on any atom is 0.263 e. The minimum Gasteiger partial charge on any atom is -0.329 e. The molecule has 0 aromatic carbocycles. The third-order valence-corrected chi connectivity index (χ3v) is 2.27. The average molecular weight is 242 g/mol. The van der Waals surface area contributed by atoms with E-state index in [4.69, 9.17) is 17.3 Å². The van der Waals surface area contributed by atoms with Crippen LogP contribution in [0, 0.1) is 0 Å². The van der Waals surface area contributed by atoms with E-state index in [1.165, 1.54) is 19.2 Å². The molecule has 86 valence electrons. The van der Waals surface area contributed by atoms with Gasteiger partial charge in [0, 0.05) is 26.2 Å². The van der Waals surface area contributed by atoms with Crippen molar-refractivity contribution < 1.29 is 9.59 Å². The molecule has 0 saturated heterocycles. The predicted molar refractivity (Wildman–Crippen MR) is 60.0 cm³/mol. The van der Waals surface area contributed by atoms with Gasteiger partial charge in [0.25, 0.3) is 5.91 Å². The molecule has 1 rings (SSSR count). The van der Waals surface area contributed by atoms with E-state index in [1.807, 2.05) is 0 Å². The van der Waals surface area contributed by atoms with Crippen LogP contribution in [0.25, 0.3) is 0 Å². The molecule has 16 heavy (non-hydrogen) atoms. The van der Waals surface area contributed by atoms with Gasteiger partial charge in [-0.05, 0) is 12.1 Å². The Hall–Kier alpha value is -1.46. The van der Waals surface area contributed by atoms with E-state index in [1.54, 1.807) is 6.07 Å². The van der Waals surface area contributed by atoms with Gasteiger partial charge < -0.3 is 5.73 Å². The first kappa shape index (κ1) is 12.6. The van der Waals surface area contributed by atoms with Crippen LogP contribution in [-0.4, -0.2) is 34.8 Å². The van der Waals surface area contributed by atoms with Gasteiger partial charge in [-0.1, -0.05) is 11.6 Å². The van der Waals surface area contributed by atoms with E-state index in [0.29, 0.717) is 0 Å². The molecular weight excluding hydrogens is 230 g/mol.